The smallest absolute Gasteiger partial charge is 0.0568 e. The Morgan fingerprint density at radius 1 is 1.44 bits per heavy atom. The van der Waals surface area contributed by atoms with Gasteiger partial charge >= 0.3 is 0 Å². The minimum Gasteiger partial charge on any atom is -0.320 e. The highest BCUT2D eigenvalue weighted by Crippen LogP contribution is 2.12. The monoisotopic (exact) mass is 241 g/mol. The largest absolute Gasteiger partial charge is 0.320 e. The minimum absolute atomic E-state index is 0.358. The summed E-state index contributed by atoms with van der Waals surface area (Å²) in [5, 5.41) is 0. The molecule has 0 fully saturated rings. The maximum atomic E-state index is 5.58. The Hall–Kier alpha value is 0.690. The lowest BCUT2D eigenvalue weighted by atomic mass is 10.0. The first kappa shape index (κ1) is 9.69. The van der Waals surface area contributed by atoms with Crippen LogP contribution < -0.4 is 5.73 Å². The van der Waals surface area contributed by atoms with Crippen LogP contribution in [0.3, 0.4) is 0 Å². The average molecular weight is 241 g/mol. The summed E-state index contributed by atoms with van der Waals surface area (Å²) in [6, 6.07) is 0. The van der Waals surface area contributed by atoms with Gasteiger partial charge in [0.25, 0.3) is 0 Å². The molecule has 0 amide bonds. The molecule has 0 radical (unpaired) electrons. The van der Waals surface area contributed by atoms with E-state index in [2.05, 4.69) is 36.4 Å². The second-order valence-corrected chi connectivity index (χ2v) is 4.21. The SMILES string of the molecule is CCC(C)CCC(N)I. The molecule has 2 atom stereocenters. The lowest BCUT2D eigenvalue weighted by Crippen LogP contribution is -2.11. The maximum absolute atomic E-state index is 5.58. The third-order valence-corrected chi connectivity index (χ3v) is 2.25. The first-order valence-corrected chi connectivity index (χ1v) is 4.81. The van der Waals surface area contributed by atoms with Crippen molar-refractivity contribution in [3.63, 3.8) is 0 Å². The molecule has 1 nitrogen and oxygen atoms in total. The fourth-order valence-corrected chi connectivity index (χ4v) is 1.01. The van der Waals surface area contributed by atoms with E-state index in [0.717, 1.165) is 12.3 Å². The predicted octanol–water partition coefficient (Wildman–Crippen LogP) is 2.53. The summed E-state index contributed by atoms with van der Waals surface area (Å²) in [6.07, 6.45) is 3.72. The highest BCUT2D eigenvalue weighted by molar-refractivity contribution is 14.1. The number of halogens is 1. The molecule has 56 valence electrons. The van der Waals surface area contributed by atoms with Gasteiger partial charge in [-0.1, -0.05) is 42.9 Å². The Balaban J connectivity index is 3.06. The van der Waals surface area contributed by atoms with Crippen LogP contribution in [-0.2, 0) is 0 Å². The highest BCUT2D eigenvalue weighted by atomic mass is 127. The average Bonchev–Trinajstić information content (AvgIpc) is 1.83. The number of hydrogen-bond acceptors (Lipinski definition) is 1. The molecule has 2 unspecified atom stereocenters. The Morgan fingerprint density at radius 2 is 2.00 bits per heavy atom. The van der Waals surface area contributed by atoms with E-state index in [0.29, 0.717) is 4.05 Å². The Labute approximate surface area is 71.5 Å². The molecular weight excluding hydrogens is 225 g/mol. The quantitative estimate of drug-likeness (QED) is 0.457. The molecule has 0 aliphatic carbocycles. The number of alkyl halides is 1. The molecule has 2 N–H and O–H groups in total. The van der Waals surface area contributed by atoms with Gasteiger partial charge in [0, 0.05) is 0 Å². The summed E-state index contributed by atoms with van der Waals surface area (Å²) in [7, 11) is 0. The van der Waals surface area contributed by atoms with Gasteiger partial charge in [-0.05, 0) is 18.8 Å². The summed E-state index contributed by atoms with van der Waals surface area (Å²) < 4.78 is 0.358. The van der Waals surface area contributed by atoms with Gasteiger partial charge in [0.15, 0.2) is 0 Å². The Bertz CT molecular complexity index is 63.9. The van der Waals surface area contributed by atoms with Crippen LogP contribution in [0.5, 0.6) is 0 Å². The molecule has 0 aromatic heterocycles. The third-order valence-electron chi connectivity index (χ3n) is 1.63. The van der Waals surface area contributed by atoms with E-state index in [9.17, 15) is 0 Å². The van der Waals surface area contributed by atoms with E-state index >= 15 is 0 Å². The zero-order valence-corrected chi connectivity index (χ0v) is 8.39. The fourth-order valence-electron chi connectivity index (χ4n) is 0.648. The molecule has 0 spiro atoms. The fraction of sp³-hybridized carbons (Fsp3) is 1.00. The lowest BCUT2D eigenvalue weighted by molar-refractivity contribution is 0.496. The van der Waals surface area contributed by atoms with Crippen molar-refractivity contribution in [2.24, 2.45) is 11.7 Å². The van der Waals surface area contributed by atoms with Gasteiger partial charge in [-0.3, -0.25) is 0 Å². The van der Waals surface area contributed by atoms with Crippen LogP contribution in [0.15, 0.2) is 0 Å². The zero-order chi connectivity index (χ0) is 7.28. The van der Waals surface area contributed by atoms with Gasteiger partial charge in [-0.25, -0.2) is 0 Å². The van der Waals surface area contributed by atoms with Crippen molar-refractivity contribution in [2.75, 3.05) is 0 Å². The van der Waals surface area contributed by atoms with Crippen molar-refractivity contribution in [3.8, 4) is 0 Å². The number of nitrogens with two attached hydrogens (primary N) is 1. The van der Waals surface area contributed by atoms with E-state index in [1.165, 1.54) is 12.8 Å². The second kappa shape index (κ2) is 5.47. The highest BCUT2D eigenvalue weighted by Gasteiger charge is 2.00. The van der Waals surface area contributed by atoms with Gasteiger partial charge < -0.3 is 5.73 Å². The van der Waals surface area contributed by atoms with Crippen molar-refractivity contribution in [1.82, 2.24) is 0 Å². The zero-order valence-electron chi connectivity index (χ0n) is 6.23. The summed E-state index contributed by atoms with van der Waals surface area (Å²) in [5.74, 6) is 0.853. The van der Waals surface area contributed by atoms with Gasteiger partial charge in [0.2, 0.25) is 0 Å². The standard InChI is InChI=1S/C7H16IN/c1-3-6(2)4-5-7(8)9/h6-7H,3-5,9H2,1-2H3. The van der Waals surface area contributed by atoms with E-state index < -0.39 is 0 Å². The van der Waals surface area contributed by atoms with Crippen LogP contribution in [0, 0.1) is 5.92 Å². The molecule has 0 saturated carbocycles. The van der Waals surface area contributed by atoms with E-state index in [1.807, 2.05) is 0 Å². The first-order chi connectivity index (χ1) is 4.16. The summed E-state index contributed by atoms with van der Waals surface area (Å²) in [4.78, 5) is 0. The van der Waals surface area contributed by atoms with Crippen LogP contribution in [0.2, 0.25) is 0 Å². The van der Waals surface area contributed by atoms with Crippen LogP contribution in [0.4, 0.5) is 0 Å². The third kappa shape index (κ3) is 6.58. The number of rotatable bonds is 4. The molecule has 0 heterocycles. The van der Waals surface area contributed by atoms with Crippen molar-refractivity contribution in [1.29, 1.82) is 0 Å². The molecule has 0 rings (SSSR count). The van der Waals surface area contributed by atoms with E-state index in [4.69, 9.17) is 5.73 Å². The molecule has 0 aromatic carbocycles. The summed E-state index contributed by atoms with van der Waals surface area (Å²) in [5.41, 5.74) is 5.58. The van der Waals surface area contributed by atoms with E-state index in [1.54, 1.807) is 0 Å². The van der Waals surface area contributed by atoms with Crippen molar-refractivity contribution in [2.45, 2.75) is 37.2 Å². The normalized spacial score (nSPS) is 17.3. The minimum atomic E-state index is 0.358. The van der Waals surface area contributed by atoms with Gasteiger partial charge in [-0.15, -0.1) is 0 Å². The molecule has 0 aromatic rings. The van der Waals surface area contributed by atoms with Gasteiger partial charge in [-0.2, -0.15) is 0 Å². The lowest BCUT2D eigenvalue weighted by Gasteiger charge is -2.08. The van der Waals surface area contributed by atoms with Crippen LogP contribution >= 0.6 is 22.6 Å². The predicted molar refractivity (Wildman–Crippen MR) is 50.7 cm³/mol. The van der Waals surface area contributed by atoms with Gasteiger partial charge in [0.05, 0.1) is 4.05 Å². The molecule has 0 aliphatic rings. The van der Waals surface area contributed by atoms with Crippen molar-refractivity contribution >= 4 is 22.6 Å². The molecule has 2 heteroatoms. The Morgan fingerprint density at radius 3 is 2.33 bits per heavy atom. The van der Waals surface area contributed by atoms with E-state index in [-0.39, 0.29) is 0 Å². The van der Waals surface area contributed by atoms with Crippen LogP contribution in [0.25, 0.3) is 0 Å². The molecular formula is C7H16IN. The summed E-state index contributed by atoms with van der Waals surface area (Å²) in [6.45, 7) is 4.50. The molecule has 9 heavy (non-hydrogen) atoms. The summed E-state index contributed by atoms with van der Waals surface area (Å²) >= 11 is 2.27. The van der Waals surface area contributed by atoms with Crippen molar-refractivity contribution < 1.29 is 0 Å². The van der Waals surface area contributed by atoms with Crippen molar-refractivity contribution in [3.05, 3.63) is 0 Å². The van der Waals surface area contributed by atoms with Crippen LogP contribution in [-0.4, -0.2) is 4.05 Å². The maximum Gasteiger partial charge on any atom is 0.0568 e. The first-order valence-electron chi connectivity index (χ1n) is 3.56. The molecule has 0 saturated heterocycles. The second-order valence-electron chi connectivity index (χ2n) is 2.61. The van der Waals surface area contributed by atoms with Gasteiger partial charge in [0.1, 0.15) is 0 Å². The molecule has 0 bridgehead atoms. The topological polar surface area (TPSA) is 26.0 Å². The Kier molecular flexibility index (Phi) is 5.89. The number of hydrogen-bond donors (Lipinski definition) is 1. The molecule has 0 aliphatic heterocycles. The van der Waals surface area contributed by atoms with Crippen LogP contribution in [0.1, 0.15) is 33.1 Å².